The Hall–Kier alpha value is -2.63. The first-order chi connectivity index (χ1) is 9.97. The van der Waals surface area contributed by atoms with Crippen LogP contribution in [-0.4, -0.2) is 9.97 Å². The smallest absolute Gasteiger partial charge is 0.168 e. The first-order valence-electron chi connectivity index (χ1n) is 6.15. The molecule has 0 saturated heterocycles. The lowest BCUT2D eigenvalue weighted by Gasteiger charge is -2.08. The van der Waals surface area contributed by atoms with Gasteiger partial charge in [0.05, 0.1) is 11.1 Å². The van der Waals surface area contributed by atoms with E-state index in [1.165, 1.54) is 31.2 Å². The molecule has 0 spiro atoms. The van der Waals surface area contributed by atoms with Gasteiger partial charge < -0.3 is 5.73 Å². The van der Waals surface area contributed by atoms with E-state index in [2.05, 4.69) is 9.97 Å². The number of fused-ring (bicyclic) bond motifs is 1. The Bertz CT molecular complexity index is 862. The van der Waals surface area contributed by atoms with Gasteiger partial charge in [0.2, 0.25) is 0 Å². The second-order valence-electron chi connectivity index (χ2n) is 4.65. The van der Waals surface area contributed by atoms with Gasteiger partial charge >= 0.3 is 0 Å². The second-order valence-corrected chi connectivity index (χ2v) is 4.65. The third-order valence-electron chi connectivity index (χ3n) is 3.20. The van der Waals surface area contributed by atoms with Gasteiger partial charge in [0.15, 0.2) is 5.82 Å². The summed E-state index contributed by atoms with van der Waals surface area (Å²) < 4.78 is 41.2. The van der Waals surface area contributed by atoms with E-state index in [9.17, 15) is 13.2 Å². The van der Waals surface area contributed by atoms with E-state index in [0.29, 0.717) is 10.9 Å². The van der Waals surface area contributed by atoms with Crippen LogP contribution in [0.4, 0.5) is 19.0 Å². The maximum Gasteiger partial charge on any atom is 0.168 e. The number of nitrogens with zero attached hydrogens (tertiary/aromatic N) is 2. The molecule has 3 nitrogen and oxygen atoms in total. The lowest BCUT2D eigenvalue weighted by molar-refractivity contribution is 0.582. The maximum absolute atomic E-state index is 14.1. The fourth-order valence-electron chi connectivity index (χ4n) is 2.10. The average Bonchev–Trinajstić information content (AvgIpc) is 2.44. The largest absolute Gasteiger partial charge is 0.383 e. The Balaban J connectivity index is 2.32. The summed E-state index contributed by atoms with van der Waals surface area (Å²) in [6.07, 6.45) is 0. The number of hydrogen-bond donors (Lipinski definition) is 1. The van der Waals surface area contributed by atoms with Crippen molar-refractivity contribution >= 4 is 16.7 Å². The number of rotatable bonds is 1. The van der Waals surface area contributed by atoms with Crippen molar-refractivity contribution < 1.29 is 13.2 Å². The summed E-state index contributed by atoms with van der Waals surface area (Å²) in [7, 11) is 0. The Labute approximate surface area is 118 Å². The van der Waals surface area contributed by atoms with Gasteiger partial charge in [-0.2, -0.15) is 0 Å². The Kier molecular flexibility index (Phi) is 3.01. The predicted molar refractivity (Wildman–Crippen MR) is 74.0 cm³/mol. The normalized spacial score (nSPS) is 11.0. The minimum atomic E-state index is -0.779. The minimum Gasteiger partial charge on any atom is -0.383 e. The molecule has 0 aliphatic heterocycles. The summed E-state index contributed by atoms with van der Waals surface area (Å²) >= 11 is 0. The number of hydrogen-bond acceptors (Lipinski definition) is 3. The molecule has 2 aromatic carbocycles. The standard InChI is InChI=1S/C15H10F3N3/c1-7-2-4-10(17)12(13(7)18)15-20-11-5-3-8(16)6-9(11)14(19)21-15/h2-6H,1H3,(H2,19,20,21). The van der Waals surface area contributed by atoms with Crippen molar-refractivity contribution in [2.45, 2.75) is 6.92 Å². The van der Waals surface area contributed by atoms with Gasteiger partial charge in [-0.3, -0.25) is 0 Å². The van der Waals surface area contributed by atoms with E-state index in [4.69, 9.17) is 5.73 Å². The molecular weight excluding hydrogens is 279 g/mol. The SMILES string of the molecule is Cc1ccc(F)c(-c2nc(N)c3cc(F)ccc3n2)c1F. The van der Waals surface area contributed by atoms with E-state index in [-0.39, 0.29) is 22.8 Å². The molecule has 0 saturated carbocycles. The van der Waals surface area contributed by atoms with Crippen LogP contribution < -0.4 is 5.73 Å². The molecule has 2 N–H and O–H groups in total. The molecule has 0 fully saturated rings. The third kappa shape index (κ3) is 2.18. The van der Waals surface area contributed by atoms with Crippen molar-refractivity contribution in [1.82, 2.24) is 9.97 Å². The van der Waals surface area contributed by atoms with Crippen LogP contribution >= 0.6 is 0 Å². The quantitative estimate of drug-likeness (QED) is 0.744. The summed E-state index contributed by atoms with van der Waals surface area (Å²) in [6, 6.07) is 6.23. The molecule has 1 heterocycles. The van der Waals surface area contributed by atoms with E-state index in [1.54, 1.807) is 0 Å². The first kappa shape index (κ1) is 13.4. The van der Waals surface area contributed by atoms with E-state index in [0.717, 1.165) is 6.07 Å². The van der Waals surface area contributed by atoms with Crippen molar-refractivity contribution in [3.63, 3.8) is 0 Å². The molecule has 0 radical (unpaired) electrons. The molecule has 1 aromatic heterocycles. The van der Waals surface area contributed by atoms with Crippen molar-refractivity contribution in [1.29, 1.82) is 0 Å². The second kappa shape index (κ2) is 4.73. The van der Waals surface area contributed by atoms with E-state index < -0.39 is 17.5 Å². The highest BCUT2D eigenvalue weighted by molar-refractivity contribution is 5.89. The van der Waals surface area contributed by atoms with E-state index >= 15 is 0 Å². The molecule has 6 heteroatoms. The van der Waals surface area contributed by atoms with Gasteiger partial charge in [-0.15, -0.1) is 0 Å². The zero-order valence-corrected chi connectivity index (χ0v) is 11.0. The highest BCUT2D eigenvalue weighted by Crippen LogP contribution is 2.28. The summed E-state index contributed by atoms with van der Waals surface area (Å²) in [4.78, 5) is 7.97. The summed E-state index contributed by atoms with van der Waals surface area (Å²) in [5, 5.41) is 0.298. The molecule has 0 atom stereocenters. The number of anilines is 1. The number of aryl methyl sites for hydroxylation is 1. The highest BCUT2D eigenvalue weighted by atomic mass is 19.1. The summed E-state index contributed by atoms with van der Waals surface area (Å²) in [5.41, 5.74) is 5.99. The number of benzene rings is 2. The molecule has 3 rings (SSSR count). The van der Waals surface area contributed by atoms with Gasteiger partial charge in [0.1, 0.15) is 23.3 Å². The third-order valence-corrected chi connectivity index (χ3v) is 3.20. The monoisotopic (exact) mass is 289 g/mol. The number of nitrogens with two attached hydrogens (primary N) is 1. The Morgan fingerprint density at radius 2 is 1.76 bits per heavy atom. The molecule has 0 amide bonds. The van der Waals surface area contributed by atoms with Gasteiger partial charge in [0, 0.05) is 5.39 Å². The van der Waals surface area contributed by atoms with Gasteiger partial charge in [0.25, 0.3) is 0 Å². The zero-order valence-electron chi connectivity index (χ0n) is 11.0. The lowest BCUT2D eigenvalue weighted by Crippen LogP contribution is -2.02. The number of halogens is 3. The number of nitrogen functional groups attached to an aromatic ring is 1. The molecular formula is C15H10F3N3. The summed E-state index contributed by atoms with van der Waals surface area (Å²) in [5.74, 6) is -2.20. The summed E-state index contributed by atoms with van der Waals surface area (Å²) in [6.45, 7) is 1.51. The van der Waals surface area contributed by atoms with Crippen molar-refractivity contribution in [3.05, 3.63) is 53.3 Å². The predicted octanol–water partition coefficient (Wildman–Crippen LogP) is 3.60. The van der Waals surface area contributed by atoms with Crippen LogP contribution in [0.25, 0.3) is 22.3 Å². The van der Waals surface area contributed by atoms with Crippen LogP contribution in [0.3, 0.4) is 0 Å². The molecule has 21 heavy (non-hydrogen) atoms. The molecule has 0 unspecified atom stereocenters. The van der Waals surface area contributed by atoms with Gasteiger partial charge in [-0.1, -0.05) is 6.07 Å². The van der Waals surface area contributed by atoms with Crippen LogP contribution in [0.1, 0.15) is 5.56 Å². The number of aromatic nitrogens is 2. The average molecular weight is 289 g/mol. The van der Waals surface area contributed by atoms with E-state index in [1.807, 2.05) is 0 Å². The molecule has 3 aromatic rings. The fraction of sp³-hybridized carbons (Fsp3) is 0.0667. The fourth-order valence-corrected chi connectivity index (χ4v) is 2.10. The van der Waals surface area contributed by atoms with Crippen molar-refractivity contribution in [2.75, 3.05) is 5.73 Å². The van der Waals surface area contributed by atoms with Crippen LogP contribution in [-0.2, 0) is 0 Å². The van der Waals surface area contributed by atoms with Crippen LogP contribution in [0.2, 0.25) is 0 Å². The lowest BCUT2D eigenvalue weighted by atomic mass is 10.1. The van der Waals surface area contributed by atoms with Crippen LogP contribution in [0.15, 0.2) is 30.3 Å². The van der Waals surface area contributed by atoms with Gasteiger partial charge in [-0.05, 0) is 36.8 Å². The van der Waals surface area contributed by atoms with Crippen LogP contribution in [0.5, 0.6) is 0 Å². The zero-order chi connectivity index (χ0) is 15.1. The topological polar surface area (TPSA) is 51.8 Å². The Morgan fingerprint density at radius 1 is 1.00 bits per heavy atom. The molecule has 0 aliphatic rings. The molecule has 0 bridgehead atoms. The molecule has 106 valence electrons. The maximum atomic E-state index is 14.1. The van der Waals surface area contributed by atoms with Crippen molar-refractivity contribution in [3.8, 4) is 11.4 Å². The van der Waals surface area contributed by atoms with Gasteiger partial charge in [-0.25, -0.2) is 23.1 Å². The first-order valence-corrected chi connectivity index (χ1v) is 6.15. The van der Waals surface area contributed by atoms with Crippen molar-refractivity contribution in [2.24, 2.45) is 0 Å². The van der Waals surface area contributed by atoms with Crippen LogP contribution in [0, 0.1) is 24.4 Å². The highest BCUT2D eigenvalue weighted by Gasteiger charge is 2.18. The molecule has 0 aliphatic carbocycles. The minimum absolute atomic E-state index is 0.0326. The Morgan fingerprint density at radius 3 is 2.52 bits per heavy atom.